The second-order valence-corrected chi connectivity index (χ2v) is 4.85. The molecule has 0 amide bonds. The molecule has 0 fully saturated rings. The molecule has 2 heterocycles. The molecule has 0 saturated carbocycles. The van der Waals surface area contributed by atoms with Crippen LogP contribution in [0.2, 0.25) is 0 Å². The fourth-order valence-electron chi connectivity index (χ4n) is 1.63. The average Bonchev–Trinajstić information content (AvgIpc) is 2.68. The number of anilines is 1. The van der Waals surface area contributed by atoms with Gasteiger partial charge in [0.1, 0.15) is 5.76 Å². The predicted molar refractivity (Wildman–Crippen MR) is 71.9 cm³/mol. The van der Waals surface area contributed by atoms with Crippen LogP contribution in [0.5, 0.6) is 0 Å². The standard InChI is InChI=1S/C11H11BrN4O3/c1-6-9(7(2)19-15-6)5-14-11-10(16(17)18)3-8(12)4-13-11/h3-4H,5H2,1-2H3,(H,13,14). The average molecular weight is 327 g/mol. The monoisotopic (exact) mass is 326 g/mol. The number of aryl methyl sites for hydroxylation is 2. The van der Waals surface area contributed by atoms with E-state index < -0.39 is 4.92 Å². The molecule has 0 atom stereocenters. The summed E-state index contributed by atoms with van der Waals surface area (Å²) in [6.07, 6.45) is 1.50. The lowest BCUT2D eigenvalue weighted by atomic mass is 10.2. The Balaban J connectivity index is 2.23. The van der Waals surface area contributed by atoms with Gasteiger partial charge in [0.15, 0.2) is 0 Å². The number of pyridine rings is 1. The summed E-state index contributed by atoms with van der Waals surface area (Å²) in [5, 5.41) is 17.7. The predicted octanol–water partition coefficient (Wildman–Crippen LogP) is 2.97. The lowest BCUT2D eigenvalue weighted by Gasteiger charge is -2.06. The van der Waals surface area contributed by atoms with Crippen molar-refractivity contribution in [3.8, 4) is 0 Å². The van der Waals surface area contributed by atoms with Crippen LogP contribution in [0.3, 0.4) is 0 Å². The second-order valence-electron chi connectivity index (χ2n) is 3.93. The molecule has 1 N–H and O–H groups in total. The van der Waals surface area contributed by atoms with Gasteiger partial charge in [0.05, 0.1) is 10.6 Å². The largest absolute Gasteiger partial charge is 0.361 e. The molecule has 0 saturated heterocycles. The summed E-state index contributed by atoms with van der Waals surface area (Å²) >= 11 is 3.16. The summed E-state index contributed by atoms with van der Waals surface area (Å²) in [7, 11) is 0. The number of nitro groups is 1. The molecule has 7 nitrogen and oxygen atoms in total. The van der Waals surface area contributed by atoms with Crippen molar-refractivity contribution < 1.29 is 9.45 Å². The summed E-state index contributed by atoms with van der Waals surface area (Å²) in [5.41, 5.74) is 1.55. The second kappa shape index (κ2) is 5.35. The zero-order chi connectivity index (χ0) is 14.0. The van der Waals surface area contributed by atoms with Crippen molar-refractivity contribution in [3.63, 3.8) is 0 Å². The molecule has 2 rings (SSSR count). The Morgan fingerprint density at radius 3 is 2.84 bits per heavy atom. The van der Waals surface area contributed by atoms with Crippen LogP contribution in [0, 0.1) is 24.0 Å². The first-order valence-corrected chi connectivity index (χ1v) is 6.24. The normalized spacial score (nSPS) is 10.5. The quantitative estimate of drug-likeness (QED) is 0.685. The highest BCUT2D eigenvalue weighted by molar-refractivity contribution is 9.10. The molecule has 19 heavy (non-hydrogen) atoms. The maximum absolute atomic E-state index is 10.9. The summed E-state index contributed by atoms with van der Waals surface area (Å²) in [6.45, 7) is 3.98. The van der Waals surface area contributed by atoms with Crippen LogP contribution in [0.15, 0.2) is 21.3 Å². The number of aromatic nitrogens is 2. The molecule has 2 aromatic heterocycles. The van der Waals surface area contributed by atoms with E-state index in [2.05, 4.69) is 31.4 Å². The van der Waals surface area contributed by atoms with Crippen molar-refractivity contribution in [2.75, 3.05) is 5.32 Å². The van der Waals surface area contributed by atoms with E-state index in [9.17, 15) is 10.1 Å². The zero-order valence-electron chi connectivity index (χ0n) is 10.3. The summed E-state index contributed by atoms with van der Waals surface area (Å²) in [4.78, 5) is 14.5. The summed E-state index contributed by atoms with van der Waals surface area (Å²) in [6, 6.07) is 1.41. The third-order valence-electron chi connectivity index (χ3n) is 2.64. The van der Waals surface area contributed by atoms with Gasteiger partial charge in [0.2, 0.25) is 5.82 Å². The molecule has 0 aromatic carbocycles. The molecular weight excluding hydrogens is 316 g/mol. The van der Waals surface area contributed by atoms with Gasteiger partial charge in [-0.05, 0) is 29.8 Å². The van der Waals surface area contributed by atoms with Crippen LogP contribution in [0.4, 0.5) is 11.5 Å². The molecule has 2 aromatic rings. The Morgan fingerprint density at radius 2 is 2.26 bits per heavy atom. The van der Waals surface area contributed by atoms with E-state index in [1.54, 1.807) is 6.92 Å². The highest BCUT2D eigenvalue weighted by atomic mass is 79.9. The third kappa shape index (κ3) is 2.90. The number of nitrogens with one attached hydrogen (secondary N) is 1. The first-order valence-electron chi connectivity index (χ1n) is 5.44. The van der Waals surface area contributed by atoms with Crippen LogP contribution < -0.4 is 5.32 Å². The SMILES string of the molecule is Cc1noc(C)c1CNc1ncc(Br)cc1[N+](=O)[O-]. The molecule has 0 radical (unpaired) electrons. The number of halogens is 1. The number of rotatable bonds is 4. The Labute approximate surface area is 117 Å². The molecule has 0 aliphatic rings. The number of hydrogen-bond donors (Lipinski definition) is 1. The van der Waals surface area contributed by atoms with Crippen LogP contribution in [-0.2, 0) is 6.54 Å². The lowest BCUT2D eigenvalue weighted by molar-refractivity contribution is -0.384. The highest BCUT2D eigenvalue weighted by Gasteiger charge is 2.17. The van der Waals surface area contributed by atoms with Crippen LogP contribution in [0.25, 0.3) is 0 Å². The van der Waals surface area contributed by atoms with Gasteiger partial charge < -0.3 is 9.84 Å². The van der Waals surface area contributed by atoms with Crippen LogP contribution >= 0.6 is 15.9 Å². The highest BCUT2D eigenvalue weighted by Crippen LogP contribution is 2.26. The third-order valence-corrected chi connectivity index (χ3v) is 3.08. The Hall–Kier alpha value is -1.96. The van der Waals surface area contributed by atoms with Gasteiger partial charge in [-0.2, -0.15) is 0 Å². The Kier molecular flexibility index (Phi) is 3.79. The van der Waals surface area contributed by atoms with Gasteiger partial charge in [-0.25, -0.2) is 4.98 Å². The lowest BCUT2D eigenvalue weighted by Crippen LogP contribution is -2.05. The van der Waals surface area contributed by atoms with Crippen molar-refractivity contribution in [1.82, 2.24) is 10.1 Å². The van der Waals surface area contributed by atoms with E-state index in [0.29, 0.717) is 16.8 Å². The Bertz CT molecular complexity index is 607. The van der Waals surface area contributed by atoms with E-state index in [1.165, 1.54) is 12.3 Å². The van der Waals surface area contributed by atoms with Crippen molar-refractivity contribution in [1.29, 1.82) is 0 Å². The zero-order valence-corrected chi connectivity index (χ0v) is 11.9. The van der Waals surface area contributed by atoms with Gasteiger partial charge >= 0.3 is 5.69 Å². The number of nitrogens with zero attached hydrogens (tertiary/aromatic N) is 3. The number of hydrogen-bond acceptors (Lipinski definition) is 6. The van der Waals surface area contributed by atoms with E-state index in [4.69, 9.17) is 4.52 Å². The molecule has 0 bridgehead atoms. The molecular formula is C11H11BrN4O3. The fraction of sp³-hybridized carbons (Fsp3) is 0.273. The van der Waals surface area contributed by atoms with Crippen molar-refractivity contribution >= 4 is 27.4 Å². The smallest absolute Gasteiger partial charge is 0.312 e. The fourth-order valence-corrected chi connectivity index (χ4v) is 1.95. The van der Waals surface area contributed by atoms with Crippen molar-refractivity contribution in [3.05, 3.63) is 43.9 Å². The minimum atomic E-state index is -0.479. The van der Waals surface area contributed by atoms with Crippen molar-refractivity contribution in [2.45, 2.75) is 20.4 Å². The maximum atomic E-state index is 10.9. The van der Waals surface area contributed by atoms with Crippen molar-refractivity contribution in [2.24, 2.45) is 0 Å². The Morgan fingerprint density at radius 1 is 1.53 bits per heavy atom. The van der Waals surface area contributed by atoms with Gasteiger partial charge in [0, 0.05) is 28.8 Å². The van der Waals surface area contributed by atoms with E-state index in [-0.39, 0.29) is 11.5 Å². The first kappa shape index (κ1) is 13.5. The van der Waals surface area contributed by atoms with E-state index in [0.717, 1.165) is 11.3 Å². The summed E-state index contributed by atoms with van der Waals surface area (Å²) in [5.74, 6) is 0.901. The van der Waals surface area contributed by atoms with E-state index >= 15 is 0 Å². The van der Waals surface area contributed by atoms with Gasteiger partial charge in [0.25, 0.3) is 0 Å². The summed E-state index contributed by atoms with van der Waals surface area (Å²) < 4.78 is 5.59. The topological polar surface area (TPSA) is 94.1 Å². The minimum Gasteiger partial charge on any atom is -0.361 e. The molecule has 8 heteroatoms. The van der Waals surface area contributed by atoms with Crippen LogP contribution in [0.1, 0.15) is 17.0 Å². The maximum Gasteiger partial charge on any atom is 0.312 e. The molecule has 0 spiro atoms. The molecule has 100 valence electrons. The van der Waals surface area contributed by atoms with Crippen LogP contribution in [-0.4, -0.2) is 15.1 Å². The first-order chi connectivity index (χ1) is 8.99. The molecule has 0 unspecified atom stereocenters. The van der Waals surface area contributed by atoms with Gasteiger partial charge in [-0.3, -0.25) is 10.1 Å². The molecule has 0 aliphatic carbocycles. The van der Waals surface area contributed by atoms with Gasteiger partial charge in [-0.15, -0.1) is 0 Å². The van der Waals surface area contributed by atoms with E-state index in [1.807, 2.05) is 6.92 Å². The van der Waals surface area contributed by atoms with Gasteiger partial charge in [-0.1, -0.05) is 5.16 Å². The molecule has 0 aliphatic heterocycles. The minimum absolute atomic E-state index is 0.0823.